The molecule has 4 saturated carbocycles. The zero-order valence-corrected chi connectivity index (χ0v) is 23.3. The van der Waals surface area contributed by atoms with Crippen LogP contribution >= 0.6 is 0 Å². The second-order valence-electron chi connectivity index (χ2n) is 13.7. The molecule has 0 radical (unpaired) electrons. The Morgan fingerprint density at radius 1 is 0.946 bits per heavy atom. The molecule has 2 unspecified atom stereocenters. The molecule has 0 heterocycles. The van der Waals surface area contributed by atoms with Crippen LogP contribution in [0.5, 0.6) is 5.75 Å². The molecule has 4 nitrogen and oxygen atoms in total. The molecule has 5 heteroatoms. The zero-order valence-electron chi connectivity index (χ0n) is 23.3. The highest BCUT2D eigenvalue weighted by Gasteiger charge is 2.61. The van der Waals surface area contributed by atoms with Crippen LogP contribution in [0.15, 0.2) is 18.2 Å². The predicted molar refractivity (Wildman–Crippen MR) is 144 cm³/mol. The number of halogens is 1. The van der Waals surface area contributed by atoms with Crippen molar-refractivity contribution in [3.63, 3.8) is 0 Å². The van der Waals surface area contributed by atoms with Gasteiger partial charge in [0.05, 0.1) is 25.4 Å². The molecule has 4 aliphatic rings. The summed E-state index contributed by atoms with van der Waals surface area (Å²) < 4.78 is 18.9. The number of rotatable bonds is 7. The second-order valence-corrected chi connectivity index (χ2v) is 13.7. The molecular weight excluding hydrogens is 467 g/mol. The van der Waals surface area contributed by atoms with Crippen molar-refractivity contribution in [2.45, 2.75) is 110 Å². The molecule has 0 spiro atoms. The number of ether oxygens (including phenoxy) is 1. The van der Waals surface area contributed by atoms with E-state index >= 15 is 0 Å². The normalized spacial score (nSPS) is 42.9. The van der Waals surface area contributed by atoms with Crippen molar-refractivity contribution >= 4 is 0 Å². The number of fused-ring (bicyclic) bond motifs is 5. The van der Waals surface area contributed by atoms with Crippen molar-refractivity contribution in [2.24, 2.45) is 46.3 Å². The Labute approximate surface area is 223 Å². The van der Waals surface area contributed by atoms with Gasteiger partial charge in [-0.05, 0) is 116 Å². The molecule has 1 aromatic rings. The fraction of sp³-hybridized carbons (Fsp3) is 0.812. The van der Waals surface area contributed by atoms with Gasteiger partial charge in [-0.3, -0.25) is 0 Å². The second kappa shape index (κ2) is 10.4. The SMILES string of the molecule is COc1cc(F)ccc1C(O)CCCC(C)[C@H]1CC[C@H]2[C@@H]3CC[C@H]4[C@@H](O)[C@@H](O)CC[C@]4(C)[C@H]3CC[C@]12C. The number of hydrogen-bond donors (Lipinski definition) is 3. The number of aliphatic hydroxyl groups is 3. The van der Waals surface area contributed by atoms with E-state index < -0.39 is 18.3 Å². The molecule has 0 saturated heterocycles. The van der Waals surface area contributed by atoms with Gasteiger partial charge >= 0.3 is 0 Å². The van der Waals surface area contributed by atoms with Crippen molar-refractivity contribution in [1.82, 2.24) is 0 Å². The number of benzene rings is 1. The standard InChI is InChI=1S/C32H49FO4/c1-19(6-5-7-27(34)22-9-8-20(33)18-29(22)37-4)23-12-13-24-21-10-11-26-30(36)28(35)15-17-32(26,3)25(21)14-16-31(23,24)2/h8-9,18-19,21,23-28,30,34-36H,5-7,10-17H2,1-4H3/t19?,21-,23+,24-,25-,26-,27?,28-,30+,31+,32+/m0/s1. The van der Waals surface area contributed by atoms with Crippen molar-refractivity contribution in [3.05, 3.63) is 29.6 Å². The molecule has 0 aromatic heterocycles. The smallest absolute Gasteiger partial charge is 0.127 e. The van der Waals surface area contributed by atoms with Gasteiger partial charge in [-0.25, -0.2) is 4.39 Å². The molecule has 0 aliphatic heterocycles. The van der Waals surface area contributed by atoms with Crippen LogP contribution in [0.2, 0.25) is 0 Å². The molecule has 4 fully saturated rings. The summed E-state index contributed by atoms with van der Waals surface area (Å²) in [6, 6.07) is 4.38. The third-order valence-electron chi connectivity index (χ3n) is 12.2. The van der Waals surface area contributed by atoms with Gasteiger partial charge in [0, 0.05) is 11.6 Å². The lowest BCUT2D eigenvalue weighted by atomic mass is 9.44. The topological polar surface area (TPSA) is 69.9 Å². The van der Waals surface area contributed by atoms with Crippen LogP contribution in [0, 0.1) is 52.2 Å². The maximum absolute atomic E-state index is 13.6. The zero-order chi connectivity index (χ0) is 26.5. The Balaban J connectivity index is 1.21. The highest BCUT2D eigenvalue weighted by molar-refractivity contribution is 5.35. The Morgan fingerprint density at radius 3 is 2.41 bits per heavy atom. The van der Waals surface area contributed by atoms with Crippen LogP contribution in [0.25, 0.3) is 0 Å². The fourth-order valence-electron chi connectivity index (χ4n) is 10.2. The van der Waals surface area contributed by atoms with Crippen LogP contribution in [0.4, 0.5) is 4.39 Å². The molecule has 4 aliphatic carbocycles. The lowest BCUT2D eigenvalue weighted by Crippen LogP contribution is -2.58. The first-order valence-corrected chi connectivity index (χ1v) is 15.0. The summed E-state index contributed by atoms with van der Waals surface area (Å²) >= 11 is 0. The minimum atomic E-state index is -0.634. The Bertz CT molecular complexity index is 953. The average molecular weight is 517 g/mol. The first-order chi connectivity index (χ1) is 17.6. The molecular formula is C32H49FO4. The van der Waals surface area contributed by atoms with E-state index in [1.54, 1.807) is 6.07 Å². The van der Waals surface area contributed by atoms with Gasteiger partial charge in [0.25, 0.3) is 0 Å². The number of methoxy groups -OCH3 is 1. The molecule has 3 N–H and O–H groups in total. The summed E-state index contributed by atoms with van der Waals surface area (Å²) in [5.41, 5.74) is 1.23. The van der Waals surface area contributed by atoms with E-state index in [1.807, 2.05) is 0 Å². The molecule has 208 valence electrons. The molecule has 0 bridgehead atoms. The Kier molecular flexibility index (Phi) is 7.72. The largest absolute Gasteiger partial charge is 0.496 e. The van der Waals surface area contributed by atoms with E-state index in [2.05, 4.69) is 20.8 Å². The van der Waals surface area contributed by atoms with Gasteiger partial charge in [0.15, 0.2) is 0 Å². The third-order valence-corrected chi connectivity index (χ3v) is 12.2. The number of aliphatic hydroxyl groups excluding tert-OH is 3. The van der Waals surface area contributed by atoms with Gasteiger partial charge in [-0.1, -0.05) is 33.6 Å². The van der Waals surface area contributed by atoms with E-state index in [-0.39, 0.29) is 17.2 Å². The maximum Gasteiger partial charge on any atom is 0.127 e. The van der Waals surface area contributed by atoms with Gasteiger partial charge < -0.3 is 20.1 Å². The summed E-state index contributed by atoms with van der Waals surface area (Å²) in [7, 11) is 1.52. The summed E-state index contributed by atoms with van der Waals surface area (Å²) in [6.45, 7) is 7.43. The Hall–Kier alpha value is -1.17. The van der Waals surface area contributed by atoms with Crippen molar-refractivity contribution < 1.29 is 24.4 Å². The minimum absolute atomic E-state index is 0.171. The quantitative estimate of drug-likeness (QED) is 0.379. The van der Waals surface area contributed by atoms with Crippen LogP contribution in [0.3, 0.4) is 0 Å². The van der Waals surface area contributed by atoms with Gasteiger partial charge in [0.2, 0.25) is 0 Å². The maximum atomic E-state index is 13.6. The molecule has 1 aromatic carbocycles. The molecule has 0 amide bonds. The third kappa shape index (κ3) is 4.65. The van der Waals surface area contributed by atoms with Crippen LogP contribution in [-0.2, 0) is 0 Å². The van der Waals surface area contributed by atoms with E-state index in [0.717, 1.165) is 49.9 Å². The minimum Gasteiger partial charge on any atom is -0.496 e. The fourth-order valence-corrected chi connectivity index (χ4v) is 10.2. The monoisotopic (exact) mass is 516 g/mol. The first kappa shape index (κ1) is 27.4. The van der Waals surface area contributed by atoms with Gasteiger partial charge in [-0.2, -0.15) is 0 Å². The number of hydrogen-bond acceptors (Lipinski definition) is 4. The summed E-state index contributed by atoms with van der Waals surface area (Å²) in [6.07, 6.45) is 10.3. The van der Waals surface area contributed by atoms with Crippen molar-refractivity contribution in [1.29, 1.82) is 0 Å². The average Bonchev–Trinajstić information content (AvgIpc) is 3.23. The Morgan fingerprint density at radius 2 is 1.65 bits per heavy atom. The predicted octanol–water partition coefficient (Wildman–Crippen LogP) is 6.66. The van der Waals surface area contributed by atoms with Crippen LogP contribution in [-0.4, -0.2) is 34.6 Å². The molecule has 11 atom stereocenters. The summed E-state index contributed by atoms with van der Waals surface area (Å²) in [4.78, 5) is 0. The first-order valence-electron chi connectivity index (χ1n) is 15.0. The van der Waals surface area contributed by atoms with Gasteiger partial charge in [0.1, 0.15) is 11.6 Å². The van der Waals surface area contributed by atoms with E-state index in [9.17, 15) is 19.7 Å². The summed E-state index contributed by atoms with van der Waals surface area (Å²) in [5, 5.41) is 31.9. The highest BCUT2D eigenvalue weighted by atomic mass is 19.1. The van der Waals surface area contributed by atoms with Gasteiger partial charge in [-0.15, -0.1) is 0 Å². The lowest BCUT2D eigenvalue weighted by molar-refractivity contribution is -0.174. The van der Waals surface area contributed by atoms with E-state index in [0.29, 0.717) is 35.0 Å². The highest BCUT2D eigenvalue weighted by Crippen LogP contribution is 2.68. The molecule has 5 rings (SSSR count). The molecule has 37 heavy (non-hydrogen) atoms. The van der Waals surface area contributed by atoms with Crippen molar-refractivity contribution in [3.8, 4) is 5.75 Å². The van der Waals surface area contributed by atoms with Crippen LogP contribution < -0.4 is 4.74 Å². The lowest BCUT2D eigenvalue weighted by Gasteiger charge is -2.62. The summed E-state index contributed by atoms with van der Waals surface area (Å²) in [5.74, 6) is 3.88. The van der Waals surface area contributed by atoms with E-state index in [1.165, 1.54) is 51.3 Å². The van der Waals surface area contributed by atoms with E-state index in [4.69, 9.17) is 4.74 Å². The van der Waals surface area contributed by atoms with Crippen LogP contribution in [0.1, 0.15) is 103 Å². The van der Waals surface area contributed by atoms with Crippen molar-refractivity contribution in [2.75, 3.05) is 7.11 Å².